The van der Waals surface area contributed by atoms with Gasteiger partial charge >= 0.3 is 0 Å². The molecule has 0 spiro atoms. The smallest absolute Gasteiger partial charge is 0.0826 e. The van der Waals surface area contributed by atoms with Gasteiger partial charge in [-0.15, -0.1) is 0 Å². The van der Waals surface area contributed by atoms with E-state index in [-0.39, 0.29) is 6.10 Å². The van der Waals surface area contributed by atoms with Crippen molar-refractivity contribution in [3.8, 4) is 0 Å². The molecule has 1 atom stereocenters. The lowest BCUT2D eigenvalue weighted by molar-refractivity contribution is 0.0716. The molecule has 1 unspecified atom stereocenters. The Morgan fingerprint density at radius 3 is 2.21 bits per heavy atom. The Hall–Kier alpha value is -1.86. The predicted octanol–water partition coefficient (Wildman–Crippen LogP) is 4.87. The monoisotopic (exact) mass is 252 g/mol. The van der Waals surface area contributed by atoms with Gasteiger partial charge in [0.15, 0.2) is 0 Å². The van der Waals surface area contributed by atoms with Crippen LogP contribution in [0.5, 0.6) is 0 Å². The Balaban J connectivity index is 1.86. The summed E-state index contributed by atoms with van der Waals surface area (Å²) in [5, 5.41) is 0. The van der Waals surface area contributed by atoms with Crippen LogP contribution < -0.4 is 0 Å². The van der Waals surface area contributed by atoms with Crippen molar-refractivity contribution in [2.24, 2.45) is 0 Å². The van der Waals surface area contributed by atoms with Crippen molar-refractivity contribution < 1.29 is 4.74 Å². The highest BCUT2D eigenvalue weighted by molar-refractivity contribution is 5.48. The normalized spacial score (nSPS) is 12.7. The summed E-state index contributed by atoms with van der Waals surface area (Å²) in [5.41, 5.74) is 2.46. The number of ether oxygens (including phenoxy) is 1. The maximum Gasteiger partial charge on any atom is 0.0826 e. The quantitative estimate of drug-likeness (QED) is 0.712. The topological polar surface area (TPSA) is 9.23 Å². The van der Waals surface area contributed by atoms with Crippen molar-refractivity contribution in [1.29, 1.82) is 0 Å². The summed E-state index contributed by atoms with van der Waals surface area (Å²) in [6.45, 7) is 2.79. The lowest BCUT2D eigenvalue weighted by Gasteiger charge is -2.15. The molecule has 1 nitrogen and oxygen atoms in total. The highest BCUT2D eigenvalue weighted by Crippen LogP contribution is 2.20. The first-order valence-electron chi connectivity index (χ1n) is 6.78. The molecule has 0 aliphatic heterocycles. The summed E-state index contributed by atoms with van der Waals surface area (Å²) in [6.07, 6.45) is 5.34. The molecule has 0 heterocycles. The minimum Gasteiger partial charge on any atom is -0.369 e. The highest BCUT2D eigenvalue weighted by atomic mass is 16.5. The Morgan fingerprint density at radius 1 is 0.947 bits per heavy atom. The molecule has 0 saturated carbocycles. The molecule has 2 aromatic carbocycles. The number of hydrogen-bond donors (Lipinski definition) is 0. The van der Waals surface area contributed by atoms with E-state index >= 15 is 0 Å². The van der Waals surface area contributed by atoms with Crippen LogP contribution in [0.4, 0.5) is 0 Å². The maximum atomic E-state index is 5.91. The van der Waals surface area contributed by atoms with Crippen molar-refractivity contribution in [3.05, 3.63) is 77.9 Å². The van der Waals surface area contributed by atoms with Crippen LogP contribution in [0.25, 0.3) is 6.08 Å². The third-order valence-electron chi connectivity index (χ3n) is 3.05. The lowest BCUT2D eigenvalue weighted by atomic mass is 10.1. The minimum absolute atomic E-state index is 0.182. The molecular weight excluding hydrogens is 232 g/mol. The van der Waals surface area contributed by atoms with E-state index in [2.05, 4.69) is 55.5 Å². The molecule has 0 radical (unpaired) electrons. The third-order valence-corrected chi connectivity index (χ3v) is 3.05. The van der Waals surface area contributed by atoms with Crippen molar-refractivity contribution in [2.45, 2.75) is 19.4 Å². The predicted molar refractivity (Wildman–Crippen MR) is 80.9 cm³/mol. The van der Waals surface area contributed by atoms with E-state index < -0.39 is 0 Å². The first-order valence-corrected chi connectivity index (χ1v) is 6.78. The Labute approximate surface area is 115 Å². The van der Waals surface area contributed by atoms with Crippen molar-refractivity contribution in [3.63, 3.8) is 0 Å². The second kappa shape index (κ2) is 7.55. The van der Waals surface area contributed by atoms with E-state index in [4.69, 9.17) is 4.74 Å². The van der Waals surface area contributed by atoms with Crippen LogP contribution in [0.15, 0.2) is 66.7 Å². The van der Waals surface area contributed by atoms with E-state index in [1.54, 1.807) is 0 Å². The molecule has 0 aromatic heterocycles. The average molecular weight is 252 g/mol. The van der Waals surface area contributed by atoms with Crippen LogP contribution in [0, 0.1) is 0 Å². The Bertz CT molecular complexity index is 488. The minimum atomic E-state index is 0.182. The van der Waals surface area contributed by atoms with E-state index in [9.17, 15) is 0 Å². The molecular formula is C18H20O. The molecule has 2 aromatic rings. The fraction of sp³-hybridized carbons (Fsp3) is 0.222. The van der Waals surface area contributed by atoms with Crippen LogP contribution >= 0.6 is 0 Å². The molecule has 0 fully saturated rings. The van der Waals surface area contributed by atoms with E-state index in [1.165, 1.54) is 11.1 Å². The molecule has 98 valence electrons. The molecule has 0 saturated heterocycles. The van der Waals surface area contributed by atoms with Crippen molar-refractivity contribution >= 4 is 6.08 Å². The van der Waals surface area contributed by atoms with Crippen LogP contribution in [-0.4, -0.2) is 6.61 Å². The van der Waals surface area contributed by atoms with Crippen molar-refractivity contribution in [2.75, 3.05) is 6.61 Å². The molecule has 0 aliphatic carbocycles. The van der Waals surface area contributed by atoms with Gasteiger partial charge in [-0.2, -0.15) is 0 Å². The van der Waals surface area contributed by atoms with Crippen LogP contribution in [0.2, 0.25) is 0 Å². The zero-order chi connectivity index (χ0) is 13.3. The Kier molecular flexibility index (Phi) is 5.39. The molecule has 19 heavy (non-hydrogen) atoms. The van der Waals surface area contributed by atoms with Gasteiger partial charge in [-0.05, 0) is 17.5 Å². The van der Waals surface area contributed by atoms with Gasteiger partial charge in [-0.3, -0.25) is 0 Å². The zero-order valence-corrected chi connectivity index (χ0v) is 11.3. The summed E-state index contributed by atoms with van der Waals surface area (Å²) < 4.78 is 5.91. The van der Waals surface area contributed by atoms with Gasteiger partial charge in [-0.25, -0.2) is 0 Å². The second-order valence-corrected chi connectivity index (χ2v) is 4.45. The van der Waals surface area contributed by atoms with E-state index in [1.807, 2.05) is 24.3 Å². The summed E-state index contributed by atoms with van der Waals surface area (Å²) >= 11 is 0. The van der Waals surface area contributed by atoms with Crippen LogP contribution in [-0.2, 0) is 4.74 Å². The van der Waals surface area contributed by atoms with E-state index in [0.717, 1.165) is 6.42 Å². The summed E-state index contributed by atoms with van der Waals surface area (Å²) in [6, 6.07) is 20.7. The van der Waals surface area contributed by atoms with Crippen LogP contribution in [0.3, 0.4) is 0 Å². The van der Waals surface area contributed by atoms with Gasteiger partial charge in [0.05, 0.1) is 12.7 Å². The molecule has 0 bridgehead atoms. The average Bonchev–Trinajstić information content (AvgIpc) is 2.49. The fourth-order valence-corrected chi connectivity index (χ4v) is 2.04. The number of hydrogen-bond acceptors (Lipinski definition) is 1. The summed E-state index contributed by atoms with van der Waals surface area (Å²) in [5.74, 6) is 0. The largest absolute Gasteiger partial charge is 0.369 e. The zero-order valence-electron chi connectivity index (χ0n) is 11.3. The van der Waals surface area contributed by atoms with Crippen LogP contribution in [0.1, 0.15) is 30.6 Å². The molecule has 0 N–H and O–H groups in total. The van der Waals surface area contributed by atoms with Gasteiger partial charge in [-0.1, -0.05) is 79.7 Å². The molecule has 0 aliphatic rings. The third kappa shape index (κ3) is 4.38. The number of benzene rings is 2. The highest BCUT2D eigenvalue weighted by Gasteiger charge is 2.07. The van der Waals surface area contributed by atoms with Gasteiger partial charge in [0, 0.05) is 0 Å². The van der Waals surface area contributed by atoms with Crippen molar-refractivity contribution in [1.82, 2.24) is 0 Å². The lowest BCUT2D eigenvalue weighted by Crippen LogP contribution is -2.02. The Morgan fingerprint density at radius 2 is 1.58 bits per heavy atom. The first-order chi connectivity index (χ1) is 9.40. The summed E-state index contributed by atoms with van der Waals surface area (Å²) in [7, 11) is 0. The molecule has 1 heteroatoms. The second-order valence-electron chi connectivity index (χ2n) is 4.45. The molecule has 0 amide bonds. The SMILES string of the molecule is CCC(OC/C=C\c1ccccc1)c1ccccc1. The molecule has 2 rings (SSSR count). The fourth-order valence-electron chi connectivity index (χ4n) is 2.04. The van der Waals surface area contributed by atoms with E-state index in [0.29, 0.717) is 6.61 Å². The number of rotatable bonds is 6. The first kappa shape index (κ1) is 13.6. The van der Waals surface area contributed by atoms with Gasteiger partial charge in [0.25, 0.3) is 0 Å². The standard InChI is InChI=1S/C18H20O/c1-2-18(17-13-7-4-8-14-17)19-15-9-12-16-10-5-3-6-11-16/h3-14,18H,2,15H2,1H3/b12-9-. The van der Waals surface area contributed by atoms with Gasteiger partial charge in [0.1, 0.15) is 0 Å². The van der Waals surface area contributed by atoms with Gasteiger partial charge in [0.2, 0.25) is 0 Å². The maximum absolute atomic E-state index is 5.91. The summed E-state index contributed by atoms with van der Waals surface area (Å²) in [4.78, 5) is 0. The van der Waals surface area contributed by atoms with Gasteiger partial charge < -0.3 is 4.74 Å².